The fourth-order valence-corrected chi connectivity index (χ4v) is 13.8. The molecule has 0 saturated heterocycles. The topological polar surface area (TPSA) is 100 Å². The van der Waals surface area contributed by atoms with Crippen LogP contribution in [0.2, 0.25) is 0 Å². The molecule has 9 aromatic carbocycles. The summed E-state index contributed by atoms with van der Waals surface area (Å²) in [6.45, 7) is 0. The fourth-order valence-electron chi connectivity index (χ4n) is 13.8. The van der Waals surface area contributed by atoms with Gasteiger partial charge in [0.25, 0.3) is 0 Å². The van der Waals surface area contributed by atoms with Crippen LogP contribution in [0, 0.1) is 22.7 Å². The number of Topliss-reactive ketones (excluding diaryl/α,β-unsaturated/α-hetero) is 1. The molecule has 0 saturated carbocycles. The highest BCUT2D eigenvalue weighted by atomic mass is 16.1. The minimum absolute atomic E-state index is 0.0774. The summed E-state index contributed by atoms with van der Waals surface area (Å²) in [5.41, 5.74) is 13.0. The van der Waals surface area contributed by atoms with E-state index in [1.165, 1.54) is 0 Å². The zero-order valence-electron chi connectivity index (χ0n) is 40.5. The summed E-state index contributed by atoms with van der Waals surface area (Å²) < 4.78 is 4.17. The molecule has 350 valence electrons. The number of pyridine rings is 2. The monoisotopic (exact) mass is 966 g/mol. The normalized spacial score (nSPS) is 14.0. The van der Waals surface area contributed by atoms with Crippen LogP contribution >= 0.6 is 0 Å². The summed E-state index contributed by atoms with van der Waals surface area (Å²) >= 11 is 0. The SMILES string of the molecule is N#Cc1c(C#N)c(-n2c3ccccc3c3cc(-c4ccccc4)cnc32)c2c(c1-n1c3ccccc3c3cc(-c4ccccc4)cnc31)C1(C(=O)C23c2ccccc2-c2ccccc23)c2ccccc2-c2ccccc21. The molecule has 3 aliphatic carbocycles. The lowest BCUT2D eigenvalue weighted by Crippen LogP contribution is -2.43. The third kappa shape index (κ3) is 5.06. The van der Waals surface area contributed by atoms with Crippen LogP contribution in [0.4, 0.5) is 0 Å². The van der Waals surface area contributed by atoms with E-state index in [9.17, 15) is 10.5 Å². The largest absolute Gasteiger partial charge is 0.296 e. The zero-order chi connectivity index (χ0) is 50.4. The van der Waals surface area contributed by atoms with Gasteiger partial charge in [0.1, 0.15) is 34.3 Å². The molecule has 16 rings (SSSR count). The molecule has 7 heteroatoms. The number of para-hydroxylation sites is 2. The lowest BCUT2D eigenvalue weighted by Gasteiger charge is -2.32. The second-order valence-electron chi connectivity index (χ2n) is 20.1. The van der Waals surface area contributed by atoms with Gasteiger partial charge in [-0.1, -0.05) is 194 Å². The van der Waals surface area contributed by atoms with Crippen molar-refractivity contribution >= 4 is 49.7 Å². The molecule has 0 N–H and O–H groups in total. The van der Waals surface area contributed by atoms with Gasteiger partial charge in [0.05, 0.1) is 33.5 Å². The molecule has 7 nitrogen and oxygen atoms in total. The molecule has 0 amide bonds. The molecule has 4 heterocycles. The molecule has 0 radical (unpaired) electrons. The van der Waals surface area contributed by atoms with Crippen molar-refractivity contribution in [1.29, 1.82) is 10.5 Å². The zero-order valence-corrected chi connectivity index (χ0v) is 40.5. The number of hydrogen-bond donors (Lipinski definition) is 0. The van der Waals surface area contributed by atoms with Crippen molar-refractivity contribution in [2.24, 2.45) is 0 Å². The number of carbonyl (C=O) groups is 1. The van der Waals surface area contributed by atoms with E-state index in [-0.39, 0.29) is 16.9 Å². The number of carbonyl (C=O) groups excluding carboxylic acids is 1. The van der Waals surface area contributed by atoms with Crippen LogP contribution in [0.15, 0.2) is 231 Å². The van der Waals surface area contributed by atoms with Gasteiger partial charge in [-0.3, -0.25) is 13.9 Å². The molecule has 13 aromatic rings. The predicted octanol–water partition coefficient (Wildman–Crippen LogP) is 15.0. The van der Waals surface area contributed by atoms with E-state index in [1.807, 2.05) is 122 Å². The third-order valence-corrected chi connectivity index (χ3v) is 16.7. The van der Waals surface area contributed by atoms with Gasteiger partial charge < -0.3 is 0 Å². The standard InChI is InChI=1S/C69H38N6O/c70-37-53-54(38-71)64(75-60-34-18-12-28-50(60)52-36-44(40-73-66(52)75)42-21-5-2-6-22-42)62-61(63(53)74-59-33-17-11-27-49(59)51-35-43(39-72-65(51)74)41-19-3-1-4-20-41)68(55-29-13-7-23-45(55)46-24-8-14-30-56(46)68)67(76)69(62)57-31-15-9-25-47(57)48-26-10-16-32-58(48)69/h1-36,39-40H. The summed E-state index contributed by atoms with van der Waals surface area (Å²) in [5.74, 6) is -0.0774. The van der Waals surface area contributed by atoms with Crippen LogP contribution in [0.25, 0.3) is 99.8 Å². The maximum atomic E-state index is 18.1. The van der Waals surface area contributed by atoms with Gasteiger partial charge >= 0.3 is 0 Å². The summed E-state index contributed by atoms with van der Waals surface area (Å²) in [6, 6.07) is 79.5. The van der Waals surface area contributed by atoms with E-state index in [1.54, 1.807) is 0 Å². The number of fused-ring (bicyclic) bond motifs is 19. The summed E-state index contributed by atoms with van der Waals surface area (Å²) in [7, 11) is 0. The van der Waals surface area contributed by atoms with Crippen LogP contribution in [-0.2, 0) is 15.6 Å². The molecule has 0 aliphatic heterocycles. The number of ketones is 1. The number of benzene rings is 9. The van der Waals surface area contributed by atoms with Crippen LogP contribution in [0.1, 0.15) is 44.5 Å². The first kappa shape index (κ1) is 42.1. The first-order valence-corrected chi connectivity index (χ1v) is 25.5. The third-order valence-electron chi connectivity index (χ3n) is 16.7. The van der Waals surface area contributed by atoms with Gasteiger partial charge in [-0.2, -0.15) is 10.5 Å². The Morgan fingerprint density at radius 3 is 1.07 bits per heavy atom. The Labute approximate surface area is 436 Å². The van der Waals surface area contributed by atoms with E-state index in [2.05, 4.69) is 130 Å². The Morgan fingerprint density at radius 2 is 0.697 bits per heavy atom. The van der Waals surface area contributed by atoms with Crippen molar-refractivity contribution in [1.82, 2.24) is 19.1 Å². The van der Waals surface area contributed by atoms with Gasteiger partial charge in [0.2, 0.25) is 0 Å². The van der Waals surface area contributed by atoms with Crippen molar-refractivity contribution in [3.8, 4) is 68.0 Å². The molecular weight excluding hydrogens is 929 g/mol. The molecule has 4 aromatic heterocycles. The van der Waals surface area contributed by atoms with Gasteiger partial charge in [-0.25, -0.2) is 9.97 Å². The maximum absolute atomic E-state index is 18.1. The predicted molar refractivity (Wildman–Crippen MR) is 300 cm³/mol. The van der Waals surface area contributed by atoms with Crippen molar-refractivity contribution in [2.75, 3.05) is 0 Å². The molecular formula is C69H38N6O. The Hall–Kier alpha value is -10.5. The summed E-state index contributed by atoms with van der Waals surface area (Å²) in [6.07, 6.45) is 3.77. The smallest absolute Gasteiger partial charge is 0.171 e. The van der Waals surface area contributed by atoms with Crippen LogP contribution < -0.4 is 0 Å². The van der Waals surface area contributed by atoms with E-state index in [0.29, 0.717) is 33.8 Å². The van der Waals surface area contributed by atoms with E-state index in [0.717, 1.165) is 99.3 Å². The highest BCUT2D eigenvalue weighted by molar-refractivity contribution is 6.23. The lowest BCUT2D eigenvalue weighted by molar-refractivity contribution is -0.123. The second-order valence-corrected chi connectivity index (χ2v) is 20.1. The molecule has 2 spiro atoms. The lowest BCUT2D eigenvalue weighted by atomic mass is 9.66. The van der Waals surface area contributed by atoms with Crippen LogP contribution in [0.5, 0.6) is 0 Å². The average Bonchev–Trinajstić information content (AvgIpc) is 4.11. The van der Waals surface area contributed by atoms with Crippen LogP contribution in [-0.4, -0.2) is 24.9 Å². The second kappa shape index (κ2) is 15.3. The minimum Gasteiger partial charge on any atom is -0.296 e. The molecule has 76 heavy (non-hydrogen) atoms. The van der Waals surface area contributed by atoms with Gasteiger partial charge in [0.15, 0.2) is 5.78 Å². The quantitative estimate of drug-likeness (QED) is 0.175. The summed E-state index contributed by atoms with van der Waals surface area (Å²) in [5, 5.41) is 28.2. The van der Waals surface area contributed by atoms with Crippen LogP contribution in [0.3, 0.4) is 0 Å². The molecule has 0 unspecified atom stereocenters. The van der Waals surface area contributed by atoms with Crippen molar-refractivity contribution in [2.45, 2.75) is 10.8 Å². The Bertz CT molecular complexity index is 4420. The highest BCUT2D eigenvalue weighted by Crippen LogP contribution is 2.70. The van der Waals surface area contributed by atoms with Gasteiger partial charge in [-0.05, 0) is 79.9 Å². The molecule has 0 fully saturated rings. The van der Waals surface area contributed by atoms with E-state index < -0.39 is 10.8 Å². The number of nitrogens with zero attached hydrogens (tertiary/aromatic N) is 6. The van der Waals surface area contributed by atoms with Gasteiger partial charge in [0, 0.05) is 56.2 Å². The molecule has 0 bridgehead atoms. The number of nitriles is 2. The minimum atomic E-state index is -1.55. The Morgan fingerprint density at radius 1 is 0.368 bits per heavy atom. The first-order chi connectivity index (χ1) is 37.6. The van der Waals surface area contributed by atoms with E-state index >= 15 is 4.79 Å². The number of rotatable bonds is 4. The first-order valence-electron chi connectivity index (χ1n) is 25.5. The highest BCUT2D eigenvalue weighted by Gasteiger charge is 2.70. The Kier molecular flexibility index (Phi) is 8.46. The van der Waals surface area contributed by atoms with Crippen molar-refractivity contribution < 1.29 is 4.79 Å². The summed E-state index contributed by atoms with van der Waals surface area (Å²) in [4.78, 5) is 28.9. The van der Waals surface area contributed by atoms with E-state index in [4.69, 9.17) is 9.97 Å². The fraction of sp³-hybridized carbons (Fsp3) is 0.0290. The van der Waals surface area contributed by atoms with Crippen molar-refractivity contribution in [3.63, 3.8) is 0 Å². The maximum Gasteiger partial charge on any atom is 0.171 e. The Balaban J connectivity index is 1.19. The molecule has 3 aliphatic rings. The number of hydrogen-bond acceptors (Lipinski definition) is 5. The number of aromatic nitrogens is 4. The molecule has 0 atom stereocenters. The van der Waals surface area contributed by atoms with Crippen molar-refractivity contribution in [3.05, 3.63) is 275 Å². The van der Waals surface area contributed by atoms with Gasteiger partial charge in [-0.15, -0.1) is 0 Å². The average molecular weight is 967 g/mol.